The molecule has 2 unspecified atom stereocenters. The minimum atomic E-state index is -4.15. The number of carbonyl (C=O) groups is 2. The van der Waals surface area contributed by atoms with Gasteiger partial charge < -0.3 is 10.6 Å². The summed E-state index contributed by atoms with van der Waals surface area (Å²) >= 11 is 1.43. The molecule has 0 spiro atoms. The number of thiazole rings is 1. The average Bonchev–Trinajstić information content (AvgIpc) is 3.26. The fraction of sp³-hybridized carbons (Fsp3) is 0.250. The largest absolute Gasteiger partial charge is 0.350 e. The summed E-state index contributed by atoms with van der Waals surface area (Å²) in [5.74, 6) is -2.05. The van der Waals surface area contributed by atoms with Crippen molar-refractivity contribution in [2.45, 2.75) is 32.0 Å². The molecular formula is C24H23FN6O4S2. The molecule has 2 aromatic carbocycles. The molecule has 192 valence electrons. The monoisotopic (exact) mass is 542 g/mol. The second kappa shape index (κ2) is 10.7. The molecule has 2 atom stereocenters. The number of hydrogen-bond donors (Lipinski definition) is 3. The third-order valence-corrected chi connectivity index (χ3v) is 8.68. The Labute approximate surface area is 217 Å². The Balaban J connectivity index is 1.45. The molecule has 3 aromatic rings. The molecular weight excluding hydrogens is 519 g/mol. The Bertz CT molecular complexity index is 1490. The summed E-state index contributed by atoms with van der Waals surface area (Å²) in [5.41, 5.74) is 1.56. The van der Waals surface area contributed by atoms with Crippen molar-refractivity contribution in [1.82, 2.24) is 19.3 Å². The quantitative estimate of drug-likeness (QED) is 0.436. The van der Waals surface area contributed by atoms with E-state index in [-0.39, 0.29) is 24.2 Å². The fourth-order valence-corrected chi connectivity index (χ4v) is 6.04. The number of halogens is 1. The van der Waals surface area contributed by atoms with Crippen LogP contribution in [-0.4, -0.2) is 48.7 Å². The van der Waals surface area contributed by atoms with Crippen LogP contribution in [0.3, 0.4) is 0 Å². The van der Waals surface area contributed by atoms with Crippen LogP contribution in [0.25, 0.3) is 10.6 Å². The smallest absolute Gasteiger partial charge is 0.280 e. The van der Waals surface area contributed by atoms with Crippen LogP contribution in [0.5, 0.6) is 0 Å². The molecule has 0 aliphatic carbocycles. The van der Waals surface area contributed by atoms with Gasteiger partial charge in [0.05, 0.1) is 17.8 Å². The van der Waals surface area contributed by atoms with Crippen molar-refractivity contribution < 1.29 is 22.4 Å². The van der Waals surface area contributed by atoms with Gasteiger partial charge in [-0.05, 0) is 31.5 Å². The molecule has 1 fully saturated rings. The number of likely N-dealkylation sites (N-methyl/N-ethyl adjacent to an activating group) is 1. The third kappa shape index (κ3) is 5.83. The van der Waals surface area contributed by atoms with E-state index >= 15 is 0 Å². The van der Waals surface area contributed by atoms with Gasteiger partial charge in [0, 0.05) is 23.2 Å². The zero-order valence-electron chi connectivity index (χ0n) is 19.9. The topological polar surface area (TPSA) is 144 Å². The molecule has 0 bridgehead atoms. The number of benzene rings is 2. The third-order valence-electron chi connectivity index (χ3n) is 5.88. The first-order chi connectivity index (χ1) is 17.6. The lowest BCUT2D eigenvalue weighted by Gasteiger charge is -2.35. The van der Waals surface area contributed by atoms with Crippen molar-refractivity contribution in [1.29, 1.82) is 5.26 Å². The zero-order valence-corrected chi connectivity index (χ0v) is 21.5. The maximum atomic E-state index is 13.6. The molecule has 1 aromatic heterocycles. The van der Waals surface area contributed by atoms with Gasteiger partial charge in [0.25, 0.3) is 10.2 Å². The predicted molar refractivity (Wildman–Crippen MR) is 136 cm³/mol. The van der Waals surface area contributed by atoms with Crippen molar-refractivity contribution in [3.8, 4) is 16.6 Å². The minimum Gasteiger partial charge on any atom is -0.350 e. The van der Waals surface area contributed by atoms with Crippen molar-refractivity contribution in [2.75, 3.05) is 12.4 Å². The summed E-state index contributed by atoms with van der Waals surface area (Å²) in [5, 5.41) is 15.0. The highest BCUT2D eigenvalue weighted by Crippen LogP contribution is 2.28. The van der Waals surface area contributed by atoms with E-state index in [0.717, 1.165) is 37.6 Å². The van der Waals surface area contributed by atoms with Crippen LogP contribution >= 0.6 is 11.3 Å². The lowest BCUT2D eigenvalue weighted by Crippen LogP contribution is -2.62. The van der Waals surface area contributed by atoms with Gasteiger partial charge in [-0.3, -0.25) is 9.59 Å². The van der Waals surface area contributed by atoms with Crippen LogP contribution in [0.1, 0.15) is 22.6 Å². The van der Waals surface area contributed by atoms with Crippen LogP contribution < -0.4 is 15.4 Å². The number of aryl methyl sites for hydroxylation is 1. The number of carbonyl (C=O) groups excluding carboxylic acids is 2. The van der Waals surface area contributed by atoms with Crippen LogP contribution in [-0.2, 0) is 26.3 Å². The number of nitrogens with zero attached hydrogens (tertiary/aromatic N) is 3. The zero-order chi connectivity index (χ0) is 26.7. The Hall–Kier alpha value is -3.70. The van der Waals surface area contributed by atoms with E-state index in [4.69, 9.17) is 5.26 Å². The molecule has 0 saturated carbocycles. The molecule has 13 heteroatoms. The van der Waals surface area contributed by atoms with Crippen LogP contribution in [0.4, 0.5) is 10.1 Å². The first kappa shape index (κ1) is 26.4. The van der Waals surface area contributed by atoms with Crippen molar-refractivity contribution in [3.05, 3.63) is 70.5 Å². The van der Waals surface area contributed by atoms with E-state index in [0.29, 0.717) is 0 Å². The first-order valence-electron chi connectivity index (χ1n) is 11.1. The van der Waals surface area contributed by atoms with Crippen molar-refractivity contribution in [2.24, 2.45) is 0 Å². The number of rotatable bonds is 6. The fourth-order valence-electron chi connectivity index (χ4n) is 3.78. The first-order valence-corrected chi connectivity index (χ1v) is 13.4. The molecule has 1 aliphatic heterocycles. The number of aromatic nitrogens is 1. The second-order valence-corrected chi connectivity index (χ2v) is 11.2. The Morgan fingerprint density at radius 2 is 1.97 bits per heavy atom. The van der Waals surface area contributed by atoms with Crippen LogP contribution in [0, 0.1) is 24.1 Å². The maximum absolute atomic E-state index is 13.6. The lowest BCUT2D eigenvalue weighted by atomic mass is 10.1. The van der Waals surface area contributed by atoms with Crippen LogP contribution in [0.2, 0.25) is 0 Å². The summed E-state index contributed by atoms with van der Waals surface area (Å²) < 4.78 is 42.0. The maximum Gasteiger partial charge on any atom is 0.280 e. The van der Waals surface area contributed by atoms with Gasteiger partial charge in [-0.1, -0.05) is 30.3 Å². The van der Waals surface area contributed by atoms with Gasteiger partial charge in [0.1, 0.15) is 29.0 Å². The molecule has 0 radical (unpaired) electrons. The van der Waals surface area contributed by atoms with Gasteiger partial charge in [-0.2, -0.15) is 22.7 Å². The Morgan fingerprint density at radius 1 is 1.24 bits per heavy atom. The van der Waals surface area contributed by atoms with Gasteiger partial charge in [0.15, 0.2) is 0 Å². The van der Waals surface area contributed by atoms with E-state index in [2.05, 4.69) is 20.3 Å². The molecule has 37 heavy (non-hydrogen) atoms. The number of amides is 2. The number of hydrogen-bond acceptors (Lipinski definition) is 7. The van der Waals surface area contributed by atoms with Gasteiger partial charge >= 0.3 is 0 Å². The number of anilines is 1. The molecule has 2 heterocycles. The number of nitriles is 1. The molecule has 1 aliphatic rings. The van der Waals surface area contributed by atoms with E-state index in [1.807, 2.05) is 37.3 Å². The molecule has 3 N–H and O–H groups in total. The highest BCUT2D eigenvalue weighted by molar-refractivity contribution is 7.87. The van der Waals surface area contributed by atoms with E-state index in [1.54, 1.807) is 6.07 Å². The van der Waals surface area contributed by atoms with E-state index < -0.39 is 39.9 Å². The summed E-state index contributed by atoms with van der Waals surface area (Å²) in [4.78, 5) is 31.2. The minimum absolute atomic E-state index is 0.128. The van der Waals surface area contributed by atoms with Gasteiger partial charge in [-0.15, -0.1) is 11.3 Å². The predicted octanol–water partition coefficient (Wildman–Crippen LogP) is 2.29. The van der Waals surface area contributed by atoms with Crippen molar-refractivity contribution in [3.63, 3.8) is 0 Å². The summed E-state index contributed by atoms with van der Waals surface area (Å²) in [7, 11) is -2.93. The lowest BCUT2D eigenvalue weighted by molar-refractivity contribution is -0.124. The Kier molecular flexibility index (Phi) is 7.65. The summed E-state index contributed by atoms with van der Waals surface area (Å²) in [6.07, 6.45) is -0.142. The highest BCUT2D eigenvalue weighted by Gasteiger charge is 2.42. The molecule has 1 saturated heterocycles. The average molecular weight is 543 g/mol. The normalized spacial score (nSPS) is 19.1. The SMILES string of the molecule is Cc1nc(-c2ccccc2)sc1CNC(=O)C1CC(C(=O)Nc2ccc(F)c(C#N)c2)N(C)S(=O)(=O)N1. The van der Waals surface area contributed by atoms with Crippen molar-refractivity contribution >= 4 is 39.0 Å². The molecule has 2 amide bonds. The number of nitrogens with one attached hydrogen (secondary N) is 3. The highest BCUT2D eigenvalue weighted by atomic mass is 32.2. The summed E-state index contributed by atoms with van der Waals surface area (Å²) in [6.45, 7) is 1.98. The Morgan fingerprint density at radius 3 is 2.68 bits per heavy atom. The standard InChI is InChI=1S/C24H23FN6O4S2/c1-14-21(36-24(28-14)15-6-4-3-5-7-15)13-27-22(32)19-11-20(31(2)37(34,35)30-19)23(33)29-17-8-9-18(25)16(10-17)12-26/h3-10,19-20,30H,11,13H2,1-2H3,(H,27,32)(H,29,33). The molecule has 10 nitrogen and oxygen atoms in total. The molecule has 4 rings (SSSR count). The second-order valence-electron chi connectivity index (χ2n) is 8.35. The van der Waals surface area contributed by atoms with E-state index in [1.165, 1.54) is 24.5 Å². The van der Waals surface area contributed by atoms with Gasteiger partial charge in [-0.25, -0.2) is 9.37 Å². The van der Waals surface area contributed by atoms with E-state index in [9.17, 15) is 22.4 Å². The van der Waals surface area contributed by atoms with Gasteiger partial charge in [0.2, 0.25) is 11.8 Å². The van der Waals surface area contributed by atoms with Crippen LogP contribution in [0.15, 0.2) is 48.5 Å². The summed E-state index contributed by atoms with van der Waals surface area (Å²) in [6, 6.07) is 12.3.